The molecule has 0 saturated carbocycles. The van der Waals surface area contributed by atoms with Gasteiger partial charge in [-0.15, -0.1) is 6.58 Å². The lowest BCUT2D eigenvalue weighted by Crippen LogP contribution is -2.46. The number of halogens is 1. The first-order chi connectivity index (χ1) is 17.8. The predicted octanol–water partition coefficient (Wildman–Crippen LogP) is 4.37. The van der Waals surface area contributed by atoms with Gasteiger partial charge in [-0.05, 0) is 60.9 Å². The summed E-state index contributed by atoms with van der Waals surface area (Å²) in [5, 5.41) is 4.52. The zero-order valence-electron chi connectivity index (χ0n) is 20.2. The number of nitrogens with one attached hydrogen (secondary N) is 2. The van der Waals surface area contributed by atoms with Gasteiger partial charge < -0.3 is 15.4 Å². The summed E-state index contributed by atoms with van der Waals surface area (Å²) in [7, 11) is -3.74. The second-order valence-electron chi connectivity index (χ2n) is 8.68. The maximum absolute atomic E-state index is 13.4. The van der Waals surface area contributed by atoms with Crippen LogP contribution in [-0.2, 0) is 16.4 Å². The van der Waals surface area contributed by atoms with Crippen molar-refractivity contribution in [3.05, 3.63) is 97.1 Å². The number of carbonyl (C=O) groups is 1. The molecule has 37 heavy (non-hydrogen) atoms. The van der Waals surface area contributed by atoms with Crippen LogP contribution in [-0.4, -0.2) is 48.9 Å². The van der Waals surface area contributed by atoms with Crippen LogP contribution in [0.1, 0.15) is 18.4 Å². The number of rotatable bonds is 9. The van der Waals surface area contributed by atoms with Crippen LogP contribution in [0, 0.1) is 5.82 Å². The Hall–Kier alpha value is -3.76. The predicted molar refractivity (Wildman–Crippen MR) is 139 cm³/mol. The Bertz CT molecular complexity index is 1310. The first-order valence-corrected chi connectivity index (χ1v) is 13.5. The van der Waals surface area contributed by atoms with E-state index in [4.69, 9.17) is 4.74 Å². The highest BCUT2D eigenvalue weighted by Crippen LogP contribution is 2.26. The molecule has 0 bridgehead atoms. The third kappa shape index (κ3) is 6.93. The highest BCUT2D eigenvalue weighted by Gasteiger charge is 2.33. The van der Waals surface area contributed by atoms with Gasteiger partial charge in [0.2, 0.25) is 0 Å². The molecule has 1 aliphatic rings. The van der Waals surface area contributed by atoms with Crippen LogP contribution in [0.5, 0.6) is 5.75 Å². The average molecular weight is 525 g/mol. The molecule has 2 aromatic carbocycles. The van der Waals surface area contributed by atoms with Crippen molar-refractivity contribution in [3.8, 4) is 5.75 Å². The van der Waals surface area contributed by atoms with E-state index in [1.54, 1.807) is 42.7 Å². The third-order valence-electron chi connectivity index (χ3n) is 6.07. The topological polar surface area (TPSA) is 101 Å². The summed E-state index contributed by atoms with van der Waals surface area (Å²) in [6, 6.07) is 15.3. The molecule has 1 saturated heterocycles. The van der Waals surface area contributed by atoms with E-state index in [9.17, 15) is 17.6 Å². The number of benzene rings is 2. The molecule has 10 heteroatoms. The molecule has 2 amide bonds. The fourth-order valence-corrected chi connectivity index (χ4v) is 5.83. The van der Waals surface area contributed by atoms with E-state index in [0.717, 1.165) is 5.56 Å². The zero-order chi connectivity index (χ0) is 26.3. The number of hydrogen-bond acceptors (Lipinski definition) is 6. The van der Waals surface area contributed by atoms with Gasteiger partial charge in [0.25, 0.3) is 0 Å². The van der Waals surface area contributed by atoms with Crippen molar-refractivity contribution in [2.75, 3.05) is 18.4 Å². The van der Waals surface area contributed by atoms with E-state index in [1.165, 1.54) is 30.3 Å². The Balaban J connectivity index is 1.32. The minimum absolute atomic E-state index is 0.124. The molecule has 1 unspecified atom stereocenters. The average Bonchev–Trinajstić information content (AvgIpc) is 2.90. The number of piperidine rings is 1. The van der Waals surface area contributed by atoms with Crippen LogP contribution in [0.15, 0.2) is 90.6 Å². The number of hydrogen-bond donors (Lipinski definition) is 2. The van der Waals surface area contributed by atoms with Gasteiger partial charge in [0.1, 0.15) is 23.0 Å². The van der Waals surface area contributed by atoms with Crippen molar-refractivity contribution in [3.63, 3.8) is 0 Å². The monoisotopic (exact) mass is 524 g/mol. The van der Waals surface area contributed by atoms with Crippen molar-refractivity contribution in [2.24, 2.45) is 0 Å². The molecule has 0 spiro atoms. The number of ether oxygens (including phenoxy) is 1. The van der Waals surface area contributed by atoms with Gasteiger partial charge in [-0.2, -0.15) is 0 Å². The summed E-state index contributed by atoms with van der Waals surface area (Å²) in [5.41, 5.74) is 1.33. The lowest BCUT2D eigenvalue weighted by atomic mass is 10.1. The van der Waals surface area contributed by atoms with Crippen LogP contribution in [0.4, 0.5) is 14.9 Å². The van der Waals surface area contributed by atoms with Crippen LogP contribution in [0.2, 0.25) is 0 Å². The van der Waals surface area contributed by atoms with Crippen LogP contribution in [0.3, 0.4) is 0 Å². The lowest BCUT2D eigenvalue weighted by molar-refractivity contribution is 0.0999. The first kappa shape index (κ1) is 26.3. The Morgan fingerprint density at radius 3 is 2.57 bits per heavy atom. The quantitative estimate of drug-likeness (QED) is 0.403. The molecule has 2 N–H and O–H groups in total. The summed E-state index contributed by atoms with van der Waals surface area (Å²) in [5.74, 6) is 0.102. The zero-order valence-corrected chi connectivity index (χ0v) is 21.0. The molecule has 0 radical (unpaired) electrons. The third-order valence-corrected chi connectivity index (χ3v) is 8.13. The van der Waals surface area contributed by atoms with Gasteiger partial charge in [-0.3, -0.25) is 9.88 Å². The summed E-state index contributed by atoms with van der Waals surface area (Å²) >= 11 is 0. The van der Waals surface area contributed by atoms with Gasteiger partial charge >= 0.3 is 6.03 Å². The molecule has 2 heterocycles. The summed E-state index contributed by atoms with van der Waals surface area (Å²) in [6.45, 7) is 5.07. The number of likely N-dealkylation sites (tertiary alicyclic amines) is 1. The number of carbonyl (C=O) groups excluding carboxylic acids is 1. The number of urea groups is 1. The lowest BCUT2D eigenvalue weighted by Gasteiger charge is -2.35. The molecule has 8 nitrogen and oxygen atoms in total. The number of sulfone groups is 1. The normalized spacial score (nSPS) is 15.5. The smallest absolute Gasteiger partial charge is 0.319 e. The van der Waals surface area contributed by atoms with Gasteiger partial charge in [-0.1, -0.05) is 18.2 Å². The fraction of sp³-hybridized carbons (Fsp3) is 0.259. The Morgan fingerprint density at radius 2 is 1.92 bits per heavy atom. The molecule has 1 fully saturated rings. The van der Waals surface area contributed by atoms with Crippen molar-refractivity contribution in [2.45, 2.75) is 35.8 Å². The van der Waals surface area contributed by atoms with E-state index in [0.29, 0.717) is 43.9 Å². The van der Waals surface area contributed by atoms with Crippen molar-refractivity contribution in [1.82, 2.24) is 15.2 Å². The summed E-state index contributed by atoms with van der Waals surface area (Å²) in [6.07, 6.45) is 5.83. The molecular weight excluding hydrogens is 495 g/mol. The number of aromatic nitrogens is 1. The van der Waals surface area contributed by atoms with Crippen LogP contribution >= 0.6 is 0 Å². The van der Waals surface area contributed by atoms with Gasteiger partial charge in [0, 0.05) is 43.8 Å². The fourth-order valence-electron chi connectivity index (χ4n) is 4.18. The van der Waals surface area contributed by atoms with E-state index in [1.807, 2.05) is 11.0 Å². The van der Waals surface area contributed by atoms with Crippen molar-refractivity contribution < 1.29 is 22.3 Å². The van der Waals surface area contributed by atoms with Crippen LogP contribution in [0.25, 0.3) is 0 Å². The van der Waals surface area contributed by atoms with Crippen LogP contribution < -0.4 is 15.4 Å². The SMILES string of the molecule is C=CC(N1CCC(Oc2cccc(F)c2)CC1)S(=O)(=O)c1ccc(NC(=O)NCc2cccnc2)cc1. The Labute approximate surface area is 216 Å². The number of anilines is 1. The van der Waals surface area contributed by atoms with E-state index < -0.39 is 21.2 Å². The maximum atomic E-state index is 13.4. The molecule has 0 aliphatic carbocycles. The van der Waals surface area contributed by atoms with E-state index >= 15 is 0 Å². The largest absolute Gasteiger partial charge is 0.490 e. The Morgan fingerprint density at radius 1 is 1.16 bits per heavy atom. The van der Waals surface area contributed by atoms with E-state index in [2.05, 4.69) is 22.2 Å². The highest BCUT2D eigenvalue weighted by atomic mass is 32.2. The second kappa shape index (κ2) is 12.0. The first-order valence-electron chi connectivity index (χ1n) is 11.9. The van der Waals surface area contributed by atoms with Crippen molar-refractivity contribution in [1.29, 1.82) is 0 Å². The summed E-state index contributed by atoms with van der Waals surface area (Å²) in [4.78, 5) is 18.2. The number of amides is 2. The van der Waals surface area contributed by atoms with Gasteiger partial charge in [0.15, 0.2) is 9.84 Å². The molecule has 1 atom stereocenters. The molecular formula is C27H29FN4O4S. The number of pyridine rings is 1. The minimum atomic E-state index is -3.74. The number of nitrogens with zero attached hydrogens (tertiary/aromatic N) is 2. The Kier molecular flexibility index (Phi) is 8.52. The minimum Gasteiger partial charge on any atom is -0.490 e. The molecule has 4 rings (SSSR count). The van der Waals surface area contributed by atoms with Gasteiger partial charge in [0.05, 0.1) is 4.90 Å². The van der Waals surface area contributed by atoms with Gasteiger partial charge in [-0.25, -0.2) is 17.6 Å². The highest BCUT2D eigenvalue weighted by molar-refractivity contribution is 7.92. The molecule has 1 aromatic heterocycles. The molecule has 3 aromatic rings. The second-order valence-corrected chi connectivity index (χ2v) is 10.7. The van der Waals surface area contributed by atoms with E-state index in [-0.39, 0.29) is 16.8 Å². The molecule has 1 aliphatic heterocycles. The maximum Gasteiger partial charge on any atom is 0.319 e. The van der Waals surface area contributed by atoms with Crippen molar-refractivity contribution >= 4 is 21.6 Å². The summed E-state index contributed by atoms with van der Waals surface area (Å²) < 4.78 is 46.0. The standard InChI is InChI=1S/C27H29FN4O4S/c1-2-26(32-15-12-23(13-16-32)36-24-7-3-6-21(28)17-24)37(34,35)25-10-8-22(9-11-25)31-27(33)30-19-20-5-4-14-29-18-20/h2-11,14,17-18,23,26H,1,12-13,15-16,19H2,(H2,30,31,33). The molecule has 194 valence electrons.